The van der Waals surface area contributed by atoms with Crippen LogP contribution in [0.15, 0.2) is 0 Å². The van der Waals surface area contributed by atoms with E-state index in [0.29, 0.717) is 11.5 Å². The van der Waals surface area contributed by atoms with Gasteiger partial charge in [0.1, 0.15) is 0 Å². The lowest BCUT2D eigenvalue weighted by Crippen LogP contribution is -2.71. The zero-order chi connectivity index (χ0) is 11.6. The summed E-state index contributed by atoms with van der Waals surface area (Å²) in [5.41, 5.74) is 0.698. The normalized spacial score (nSPS) is 24.8. The fourth-order valence-electron chi connectivity index (χ4n) is 3.12. The topological polar surface area (TPSA) is 15.7 Å². The molecule has 3 nitrogen and oxygen atoms in total. The maximum Gasteiger partial charge on any atom is 0.0518 e. The van der Waals surface area contributed by atoms with E-state index in [0.717, 1.165) is 6.61 Å². The molecule has 3 heteroatoms. The molecular formula is C13H26N2O. The van der Waals surface area contributed by atoms with Crippen LogP contribution in [0.4, 0.5) is 0 Å². The van der Waals surface area contributed by atoms with Crippen LogP contribution in [0.2, 0.25) is 0 Å². The third kappa shape index (κ3) is 2.96. The molecule has 0 amide bonds. The molecule has 1 spiro atoms. The van der Waals surface area contributed by atoms with E-state index in [-0.39, 0.29) is 0 Å². The van der Waals surface area contributed by atoms with Gasteiger partial charge >= 0.3 is 0 Å². The Morgan fingerprint density at radius 2 is 1.81 bits per heavy atom. The van der Waals surface area contributed by atoms with Crippen LogP contribution in [0.25, 0.3) is 0 Å². The first-order chi connectivity index (χ1) is 7.60. The lowest BCUT2D eigenvalue weighted by molar-refractivity contribution is -0.104. The van der Waals surface area contributed by atoms with E-state index in [1.807, 2.05) is 0 Å². The second kappa shape index (κ2) is 5.03. The summed E-state index contributed by atoms with van der Waals surface area (Å²) >= 11 is 0. The van der Waals surface area contributed by atoms with E-state index >= 15 is 0 Å². The molecule has 0 aliphatic carbocycles. The van der Waals surface area contributed by atoms with Crippen molar-refractivity contribution in [2.75, 3.05) is 46.4 Å². The molecule has 0 radical (unpaired) electrons. The van der Waals surface area contributed by atoms with Crippen LogP contribution in [0.1, 0.15) is 26.7 Å². The molecule has 2 saturated heterocycles. The summed E-state index contributed by atoms with van der Waals surface area (Å²) in [6.07, 6.45) is 2.89. The lowest BCUT2D eigenvalue weighted by atomic mass is 9.73. The number of unbranched alkanes of at least 4 members (excludes halogenated alkanes) is 1. The highest BCUT2D eigenvalue weighted by Gasteiger charge is 2.49. The highest BCUT2D eigenvalue weighted by molar-refractivity contribution is 5.04. The highest BCUT2D eigenvalue weighted by Crippen LogP contribution is 2.38. The summed E-state index contributed by atoms with van der Waals surface area (Å²) in [6.45, 7) is 11.7. The van der Waals surface area contributed by atoms with Crippen molar-refractivity contribution in [3.63, 3.8) is 0 Å². The van der Waals surface area contributed by atoms with Crippen molar-refractivity contribution in [1.29, 1.82) is 0 Å². The van der Waals surface area contributed by atoms with Crippen LogP contribution >= 0.6 is 0 Å². The zero-order valence-corrected chi connectivity index (χ0v) is 11.0. The number of rotatable bonds is 6. The molecular weight excluding hydrogens is 200 g/mol. The van der Waals surface area contributed by atoms with Crippen LogP contribution in [0.3, 0.4) is 0 Å². The number of hydrogen-bond acceptors (Lipinski definition) is 3. The Morgan fingerprint density at radius 3 is 2.38 bits per heavy atom. The third-order valence-electron chi connectivity index (χ3n) is 3.65. The summed E-state index contributed by atoms with van der Waals surface area (Å²) in [5, 5.41) is 0. The van der Waals surface area contributed by atoms with E-state index in [4.69, 9.17) is 4.74 Å². The number of likely N-dealkylation sites (tertiary alicyclic amines) is 2. The summed E-state index contributed by atoms with van der Waals surface area (Å²) < 4.78 is 5.54. The van der Waals surface area contributed by atoms with Crippen LogP contribution in [0.5, 0.6) is 0 Å². The van der Waals surface area contributed by atoms with Gasteiger partial charge in [-0.3, -0.25) is 0 Å². The molecule has 0 N–H and O–H groups in total. The monoisotopic (exact) mass is 226 g/mol. The number of ether oxygens (including phenoxy) is 1. The first-order valence-electron chi connectivity index (χ1n) is 6.62. The summed E-state index contributed by atoms with van der Waals surface area (Å²) in [6, 6.07) is 0. The Kier molecular flexibility index (Phi) is 3.88. The average molecular weight is 226 g/mol. The second-order valence-electron chi connectivity index (χ2n) is 6.01. The fourth-order valence-corrected chi connectivity index (χ4v) is 3.12. The Morgan fingerprint density at radius 1 is 1.12 bits per heavy atom. The molecule has 0 aromatic heterocycles. The van der Waals surface area contributed by atoms with E-state index in [1.165, 1.54) is 45.6 Å². The van der Waals surface area contributed by atoms with Gasteiger partial charge in [-0.2, -0.15) is 0 Å². The Balaban J connectivity index is 1.45. The largest absolute Gasteiger partial charge is 0.379 e. The fraction of sp³-hybridized carbons (Fsp3) is 1.00. The van der Waals surface area contributed by atoms with Crippen molar-refractivity contribution in [3.8, 4) is 0 Å². The Labute approximate surface area is 99.7 Å². The van der Waals surface area contributed by atoms with Crippen molar-refractivity contribution in [2.24, 2.45) is 5.41 Å². The van der Waals surface area contributed by atoms with E-state index in [9.17, 15) is 0 Å². The molecule has 0 aromatic carbocycles. The van der Waals surface area contributed by atoms with Crippen molar-refractivity contribution < 1.29 is 4.74 Å². The van der Waals surface area contributed by atoms with Gasteiger partial charge in [0.05, 0.1) is 6.10 Å². The standard InChI is InChI=1S/C13H26N2O/c1-12(2)16-7-5-4-6-15-10-13(11-15)8-14(3)9-13/h12H,4-11H2,1-3H3. The van der Waals surface area contributed by atoms with Crippen LogP contribution in [-0.4, -0.2) is 62.3 Å². The first-order valence-corrected chi connectivity index (χ1v) is 6.62. The molecule has 0 unspecified atom stereocenters. The maximum absolute atomic E-state index is 5.54. The van der Waals surface area contributed by atoms with Gasteiger partial charge in [-0.05, 0) is 40.3 Å². The van der Waals surface area contributed by atoms with Gasteiger partial charge in [0.25, 0.3) is 0 Å². The quantitative estimate of drug-likeness (QED) is 0.637. The summed E-state index contributed by atoms with van der Waals surface area (Å²) in [7, 11) is 2.22. The molecule has 16 heavy (non-hydrogen) atoms. The molecule has 2 aliphatic heterocycles. The van der Waals surface area contributed by atoms with Crippen molar-refractivity contribution >= 4 is 0 Å². The van der Waals surface area contributed by atoms with Gasteiger partial charge in [0.2, 0.25) is 0 Å². The van der Waals surface area contributed by atoms with Crippen LogP contribution < -0.4 is 0 Å². The van der Waals surface area contributed by atoms with E-state index in [1.54, 1.807) is 0 Å². The predicted molar refractivity (Wildman–Crippen MR) is 66.7 cm³/mol. The van der Waals surface area contributed by atoms with E-state index < -0.39 is 0 Å². The molecule has 2 rings (SSSR count). The van der Waals surface area contributed by atoms with E-state index in [2.05, 4.69) is 30.7 Å². The number of hydrogen-bond donors (Lipinski definition) is 0. The zero-order valence-electron chi connectivity index (χ0n) is 11.0. The first kappa shape index (κ1) is 12.3. The minimum absolute atomic E-state index is 0.387. The van der Waals surface area contributed by atoms with Gasteiger partial charge in [-0.25, -0.2) is 0 Å². The lowest BCUT2D eigenvalue weighted by Gasteiger charge is -2.59. The minimum Gasteiger partial charge on any atom is -0.379 e. The molecule has 0 atom stereocenters. The molecule has 0 bridgehead atoms. The Hall–Kier alpha value is -0.120. The summed E-state index contributed by atoms with van der Waals surface area (Å²) in [4.78, 5) is 5.02. The van der Waals surface area contributed by atoms with Gasteiger partial charge in [0.15, 0.2) is 0 Å². The maximum atomic E-state index is 5.54. The third-order valence-corrected chi connectivity index (χ3v) is 3.65. The van der Waals surface area contributed by atoms with Gasteiger partial charge in [-0.15, -0.1) is 0 Å². The Bertz CT molecular complexity index is 216. The summed E-state index contributed by atoms with van der Waals surface area (Å²) in [5.74, 6) is 0. The molecule has 2 heterocycles. The van der Waals surface area contributed by atoms with Gasteiger partial charge < -0.3 is 14.5 Å². The molecule has 0 aromatic rings. The van der Waals surface area contributed by atoms with Crippen LogP contribution in [0, 0.1) is 5.41 Å². The molecule has 94 valence electrons. The predicted octanol–water partition coefficient (Wildman–Crippen LogP) is 1.44. The molecule has 2 fully saturated rings. The molecule has 0 saturated carbocycles. The highest BCUT2D eigenvalue weighted by atomic mass is 16.5. The smallest absolute Gasteiger partial charge is 0.0518 e. The van der Waals surface area contributed by atoms with Crippen LogP contribution in [-0.2, 0) is 4.74 Å². The SMILES string of the molecule is CC(C)OCCCCN1CC2(CN(C)C2)C1. The van der Waals surface area contributed by atoms with Gasteiger partial charge in [0, 0.05) is 38.2 Å². The van der Waals surface area contributed by atoms with Crippen molar-refractivity contribution in [2.45, 2.75) is 32.8 Å². The van der Waals surface area contributed by atoms with Crippen molar-refractivity contribution in [1.82, 2.24) is 9.80 Å². The average Bonchev–Trinajstić information content (AvgIpc) is 2.10. The molecule has 2 aliphatic rings. The second-order valence-corrected chi connectivity index (χ2v) is 6.01. The van der Waals surface area contributed by atoms with Crippen molar-refractivity contribution in [3.05, 3.63) is 0 Å². The number of nitrogens with zero attached hydrogens (tertiary/aromatic N) is 2. The van der Waals surface area contributed by atoms with Gasteiger partial charge in [-0.1, -0.05) is 0 Å². The minimum atomic E-state index is 0.387.